The minimum Gasteiger partial charge on any atom is -0.477 e. The largest absolute Gasteiger partial charge is 0.477 e. The number of aromatic carboxylic acids is 1. The van der Waals surface area contributed by atoms with Crippen LogP contribution < -0.4 is 5.32 Å². The predicted octanol–water partition coefficient (Wildman–Crippen LogP) is 3.12. The molecule has 1 aliphatic rings. The van der Waals surface area contributed by atoms with Gasteiger partial charge in [0.1, 0.15) is 4.88 Å². The van der Waals surface area contributed by atoms with Gasteiger partial charge in [-0.2, -0.15) is 0 Å². The van der Waals surface area contributed by atoms with Gasteiger partial charge in [-0.05, 0) is 42.5 Å². The molecule has 6 nitrogen and oxygen atoms in total. The Kier molecular flexibility index (Phi) is 5.44. The molecular formula is C17H19NO5S. The Morgan fingerprint density at radius 3 is 2.83 bits per heavy atom. The Labute approximate surface area is 143 Å². The van der Waals surface area contributed by atoms with Gasteiger partial charge in [-0.3, -0.25) is 4.79 Å². The number of carbonyl (C=O) groups excluding carboxylic acids is 1. The topological polar surface area (TPSA) is 84.9 Å². The van der Waals surface area contributed by atoms with E-state index < -0.39 is 5.97 Å². The fraction of sp³-hybridized carbons (Fsp3) is 0.412. The standard InChI is InChI=1S/C17H19NO5S/c19-16(5-8-23-13-3-6-22-7-4-13)18-12-1-2-14-11(9-12)10-15(24-14)17(20)21/h1-2,9-10,13H,3-8H2,(H,18,19)(H,20,21). The second-order valence-corrected chi connectivity index (χ2v) is 6.73. The molecule has 24 heavy (non-hydrogen) atoms. The highest BCUT2D eigenvalue weighted by atomic mass is 32.1. The van der Waals surface area contributed by atoms with Gasteiger partial charge in [0.05, 0.1) is 19.1 Å². The van der Waals surface area contributed by atoms with Crippen LogP contribution in [0.5, 0.6) is 0 Å². The van der Waals surface area contributed by atoms with Crippen molar-refractivity contribution < 1.29 is 24.2 Å². The summed E-state index contributed by atoms with van der Waals surface area (Å²) in [6.45, 7) is 1.83. The maximum atomic E-state index is 12.0. The van der Waals surface area contributed by atoms with Crippen LogP contribution in [-0.2, 0) is 14.3 Å². The molecule has 0 aliphatic carbocycles. The lowest BCUT2D eigenvalue weighted by Crippen LogP contribution is -2.25. The van der Waals surface area contributed by atoms with E-state index in [-0.39, 0.29) is 12.0 Å². The van der Waals surface area contributed by atoms with Crippen molar-refractivity contribution in [2.24, 2.45) is 0 Å². The number of fused-ring (bicyclic) bond motifs is 1. The number of rotatable bonds is 6. The van der Waals surface area contributed by atoms with Crippen LogP contribution >= 0.6 is 11.3 Å². The maximum Gasteiger partial charge on any atom is 0.345 e. The highest BCUT2D eigenvalue weighted by molar-refractivity contribution is 7.20. The molecule has 0 spiro atoms. The molecule has 1 amide bonds. The second kappa shape index (κ2) is 7.74. The molecule has 0 radical (unpaired) electrons. The molecule has 1 saturated heterocycles. The molecule has 0 bridgehead atoms. The summed E-state index contributed by atoms with van der Waals surface area (Å²) in [4.78, 5) is 23.3. The molecule has 7 heteroatoms. The summed E-state index contributed by atoms with van der Waals surface area (Å²) in [6, 6.07) is 7.00. The summed E-state index contributed by atoms with van der Waals surface area (Å²) < 4.78 is 11.8. The van der Waals surface area contributed by atoms with Crippen LogP contribution in [0.4, 0.5) is 5.69 Å². The van der Waals surface area contributed by atoms with Crippen LogP contribution in [-0.4, -0.2) is 42.9 Å². The van der Waals surface area contributed by atoms with Crippen molar-refractivity contribution in [1.82, 2.24) is 0 Å². The summed E-state index contributed by atoms with van der Waals surface area (Å²) in [5, 5.41) is 12.7. The molecule has 1 fully saturated rings. The first kappa shape index (κ1) is 16.9. The minimum atomic E-state index is -0.938. The number of amides is 1. The molecule has 128 valence electrons. The van der Waals surface area contributed by atoms with Crippen molar-refractivity contribution >= 4 is 39.0 Å². The molecule has 0 saturated carbocycles. The van der Waals surface area contributed by atoms with Gasteiger partial charge in [0.2, 0.25) is 5.91 Å². The third kappa shape index (κ3) is 4.31. The Morgan fingerprint density at radius 1 is 1.29 bits per heavy atom. The summed E-state index contributed by atoms with van der Waals surface area (Å²) in [5.74, 6) is -1.05. The lowest BCUT2D eigenvalue weighted by atomic mass is 10.1. The van der Waals surface area contributed by atoms with Gasteiger partial charge in [-0.1, -0.05) is 0 Å². The summed E-state index contributed by atoms with van der Waals surface area (Å²) in [5.41, 5.74) is 0.660. The predicted molar refractivity (Wildman–Crippen MR) is 91.8 cm³/mol. The zero-order valence-electron chi connectivity index (χ0n) is 13.1. The quantitative estimate of drug-likeness (QED) is 0.837. The highest BCUT2D eigenvalue weighted by Crippen LogP contribution is 2.28. The van der Waals surface area contributed by atoms with E-state index in [0.29, 0.717) is 23.6 Å². The molecule has 1 aliphatic heterocycles. The van der Waals surface area contributed by atoms with Gasteiger partial charge < -0.3 is 19.9 Å². The number of carbonyl (C=O) groups is 2. The fourth-order valence-corrected chi connectivity index (χ4v) is 3.49. The van der Waals surface area contributed by atoms with Gasteiger partial charge >= 0.3 is 5.97 Å². The molecule has 3 rings (SSSR count). The van der Waals surface area contributed by atoms with Gasteiger partial charge in [0.25, 0.3) is 0 Å². The van der Waals surface area contributed by atoms with Crippen molar-refractivity contribution in [3.63, 3.8) is 0 Å². The Morgan fingerprint density at radius 2 is 2.08 bits per heavy atom. The number of nitrogens with one attached hydrogen (secondary N) is 1. The van der Waals surface area contributed by atoms with Crippen LogP contribution in [0.2, 0.25) is 0 Å². The van der Waals surface area contributed by atoms with Crippen LogP contribution in [0.25, 0.3) is 10.1 Å². The summed E-state index contributed by atoms with van der Waals surface area (Å²) in [6.07, 6.45) is 2.23. The number of ether oxygens (including phenoxy) is 2. The Balaban J connectivity index is 1.52. The van der Waals surface area contributed by atoms with Gasteiger partial charge in [0, 0.05) is 23.6 Å². The molecular weight excluding hydrogens is 330 g/mol. The molecule has 1 aromatic heterocycles. The average Bonchev–Trinajstić information content (AvgIpc) is 2.99. The normalized spacial score (nSPS) is 15.5. The van der Waals surface area contributed by atoms with Crippen LogP contribution in [0, 0.1) is 0 Å². The van der Waals surface area contributed by atoms with Gasteiger partial charge in [0.15, 0.2) is 0 Å². The summed E-state index contributed by atoms with van der Waals surface area (Å²) in [7, 11) is 0. The third-order valence-corrected chi connectivity index (χ3v) is 4.97. The monoisotopic (exact) mass is 349 g/mol. The van der Waals surface area contributed by atoms with Crippen molar-refractivity contribution in [2.45, 2.75) is 25.4 Å². The number of thiophene rings is 1. The molecule has 1 aromatic carbocycles. The molecule has 2 N–H and O–H groups in total. The van der Waals surface area contributed by atoms with E-state index in [1.165, 1.54) is 11.3 Å². The van der Waals surface area contributed by atoms with Crippen LogP contribution in [0.1, 0.15) is 28.9 Å². The maximum absolute atomic E-state index is 12.0. The zero-order chi connectivity index (χ0) is 16.9. The molecule has 0 atom stereocenters. The van der Waals surface area contributed by atoms with Crippen molar-refractivity contribution in [2.75, 3.05) is 25.1 Å². The highest BCUT2D eigenvalue weighted by Gasteiger charge is 2.14. The average molecular weight is 349 g/mol. The SMILES string of the molecule is O=C(CCOC1CCOCC1)Nc1ccc2sc(C(=O)O)cc2c1. The number of carboxylic acid groups (broad SMARTS) is 1. The number of hydrogen-bond donors (Lipinski definition) is 2. The fourth-order valence-electron chi connectivity index (χ4n) is 2.61. The van der Waals surface area contributed by atoms with E-state index in [0.717, 1.165) is 36.1 Å². The smallest absolute Gasteiger partial charge is 0.345 e. The molecule has 2 heterocycles. The number of hydrogen-bond acceptors (Lipinski definition) is 5. The number of benzene rings is 1. The first-order chi connectivity index (χ1) is 11.6. The van der Waals surface area contributed by atoms with Gasteiger partial charge in [-0.25, -0.2) is 4.79 Å². The Hall–Kier alpha value is -1.96. The van der Waals surface area contributed by atoms with Crippen LogP contribution in [0.3, 0.4) is 0 Å². The number of carboxylic acids is 1. The first-order valence-corrected chi connectivity index (χ1v) is 8.69. The second-order valence-electron chi connectivity index (χ2n) is 5.65. The lowest BCUT2D eigenvalue weighted by Gasteiger charge is -2.22. The van der Waals surface area contributed by atoms with E-state index in [9.17, 15) is 9.59 Å². The van der Waals surface area contributed by atoms with E-state index in [1.807, 2.05) is 6.07 Å². The molecule has 0 unspecified atom stereocenters. The minimum absolute atomic E-state index is 0.116. The van der Waals surface area contributed by atoms with E-state index >= 15 is 0 Å². The zero-order valence-corrected chi connectivity index (χ0v) is 13.9. The Bertz CT molecular complexity index is 736. The van der Waals surface area contributed by atoms with Crippen molar-refractivity contribution in [1.29, 1.82) is 0 Å². The summed E-state index contributed by atoms with van der Waals surface area (Å²) >= 11 is 1.22. The van der Waals surface area contributed by atoms with E-state index in [1.54, 1.807) is 18.2 Å². The first-order valence-electron chi connectivity index (χ1n) is 7.88. The lowest BCUT2D eigenvalue weighted by molar-refractivity contribution is -0.118. The van der Waals surface area contributed by atoms with Crippen LogP contribution in [0.15, 0.2) is 24.3 Å². The van der Waals surface area contributed by atoms with E-state index in [2.05, 4.69) is 5.32 Å². The number of anilines is 1. The van der Waals surface area contributed by atoms with Crippen molar-refractivity contribution in [3.8, 4) is 0 Å². The van der Waals surface area contributed by atoms with Crippen molar-refractivity contribution in [3.05, 3.63) is 29.1 Å². The van der Waals surface area contributed by atoms with E-state index in [4.69, 9.17) is 14.6 Å². The third-order valence-electron chi connectivity index (χ3n) is 3.86. The molecule has 2 aromatic rings. The van der Waals surface area contributed by atoms with Gasteiger partial charge in [-0.15, -0.1) is 11.3 Å².